The van der Waals surface area contributed by atoms with Gasteiger partial charge < -0.3 is 19.7 Å². The Kier molecular flexibility index (Phi) is 12.7. The van der Waals surface area contributed by atoms with Crippen LogP contribution in [0.5, 0.6) is 0 Å². The van der Waals surface area contributed by atoms with Crippen LogP contribution in [0.3, 0.4) is 0 Å². The number of imide groups is 1. The number of thiocarbonyl (C=S) groups is 1. The van der Waals surface area contributed by atoms with Gasteiger partial charge in [0.1, 0.15) is 5.54 Å². The first-order valence-electron chi connectivity index (χ1n) is 19.5. The quantitative estimate of drug-likeness (QED) is 0.157. The molecule has 2 N–H and O–H groups in total. The molecule has 2 aromatic carbocycles. The average molecular weight is 811 g/mol. The van der Waals surface area contributed by atoms with Gasteiger partial charge in [-0.05, 0) is 121 Å². The summed E-state index contributed by atoms with van der Waals surface area (Å²) in [6.07, 6.45) is 0.382. The van der Waals surface area contributed by atoms with Crippen molar-refractivity contribution in [2.45, 2.75) is 127 Å². The highest BCUT2D eigenvalue weighted by atomic mass is 32.1. The molecular formula is C41H49F3N6O6S. The van der Waals surface area contributed by atoms with E-state index in [9.17, 15) is 37.6 Å². The van der Waals surface area contributed by atoms with Crippen molar-refractivity contribution >= 4 is 52.3 Å². The van der Waals surface area contributed by atoms with Crippen molar-refractivity contribution < 1.29 is 41.8 Å². The number of ether oxygens (including phenoxy) is 2. The lowest BCUT2D eigenvalue weighted by Crippen LogP contribution is -2.51. The summed E-state index contributed by atoms with van der Waals surface area (Å²) in [5.74, 6) is -1.49. The van der Waals surface area contributed by atoms with E-state index in [-0.39, 0.29) is 71.3 Å². The second-order valence-electron chi connectivity index (χ2n) is 16.0. The highest BCUT2D eigenvalue weighted by molar-refractivity contribution is 7.80. The van der Waals surface area contributed by atoms with Crippen LogP contribution in [0.15, 0.2) is 42.5 Å². The minimum absolute atomic E-state index is 0.00403. The van der Waals surface area contributed by atoms with Crippen molar-refractivity contribution in [2.75, 3.05) is 30.0 Å². The lowest BCUT2D eigenvalue weighted by atomic mass is 9.89. The van der Waals surface area contributed by atoms with Gasteiger partial charge in [0.25, 0.3) is 5.91 Å². The molecule has 4 atom stereocenters. The van der Waals surface area contributed by atoms with Gasteiger partial charge in [-0.2, -0.15) is 18.4 Å². The molecule has 2 aromatic rings. The summed E-state index contributed by atoms with van der Waals surface area (Å²) in [7, 11) is 0. The number of hydrogen-bond acceptors (Lipinski definition) is 9. The Labute approximate surface area is 336 Å². The molecule has 12 nitrogen and oxygen atoms in total. The second-order valence-corrected chi connectivity index (χ2v) is 16.4. The molecule has 3 saturated heterocycles. The van der Waals surface area contributed by atoms with Crippen LogP contribution in [0.2, 0.25) is 0 Å². The molecule has 6 rings (SSSR count). The van der Waals surface area contributed by atoms with Gasteiger partial charge in [-0.15, -0.1) is 0 Å². The third-order valence-electron chi connectivity index (χ3n) is 11.7. The Bertz CT molecular complexity index is 1900. The van der Waals surface area contributed by atoms with Gasteiger partial charge in [0.2, 0.25) is 17.7 Å². The average Bonchev–Trinajstić information content (AvgIpc) is 3.33. The molecule has 4 aliphatic rings. The first-order chi connectivity index (χ1) is 27.0. The fourth-order valence-electron chi connectivity index (χ4n) is 8.74. The fourth-order valence-corrected chi connectivity index (χ4v) is 9.31. The van der Waals surface area contributed by atoms with E-state index in [0.717, 1.165) is 48.3 Å². The lowest BCUT2D eigenvalue weighted by Gasteiger charge is -2.42. The van der Waals surface area contributed by atoms with E-state index in [1.165, 1.54) is 6.07 Å². The molecular weight excluding hydrogens is 762 g/mol. The van der Waals surface area contributed by atoms with Crippen LogP contribution in [0, 0.1) is 11.3 Å². The molecule has 1 aliphatic carbocycles. The zero-order valence-electron chi connectivity index (χ0n) is 32.6. The molecule has 1 unspecified atom stereocenters. The number of alkyl halides is 3. The highest BCUT2D eigenvalue weighted by Crippen LogP contribution is 2.41. The number of nitriles is 1. The van der Waals surface area contributed by atoms with E-state index in [1.54, 1.807) is 32.0 Å². The van der Waals surface area contributed by atoms with Gasteiger partial charge in [0.05, 0.1) is 60.8 Å². The summed E-state index contributed by atoms with van der Waals surface area (Å²) < 4.78 is 53.6. The Morgan fingerprint density at radius 2 is 1.60 bits per heavy atom. The molecule has 4 amide bonds. The van der Waals surface area contributed by atoms with Crippen LogP contribution in [-0.2, 0) is 34.8 Å². The predicted molar refractivity (Wildman–Crippen MR) is 209 cm³/mol. The van der Waals surface area contributed by atoms with Gasteiger partial charge in [0.15, 0.2) is 5.11 Å². The number of piperidine rings is 2. The number of anilines is 2. The Morgan fingerprint density at radius 3 is 2.19 bits per heavy atom. The summed E-state index contributed by atoms with van der Waals surface area (Å²) in [6, 6.07) is 12.1. The highest BCUT2D eigenvalue weighted by Gasteiger charge is 2.52. The van der Waals surface area contributed by atoms with Crippen LogP contribution in [0.25, 0.3) is 0 Å². The van der Waals surface area contributed by atoms with Crippen LogP contribution < -0.4 is 15.5 Å². The molecule has 306 valence electrons. The van der Waals surface area contributed by atoms with Crippen molar-refractivity contribution in [3.8, 4) is 6.07 Å². The number of nitrogens with zero attached hydrogens (tertiary/aromatic N) is 4. The Balaban J connectivity index is 0.918. The predicted octanol–water partition coefficient (Wildman–Crippen LogP) is 6.03. The number of benzene rings is 2. The van der Waals surface area contributed by atoms with Crippen molar-refractivity contribution in [1.82, 2.24) is 15.1 Å². The summed E-state index contributed by atoms with van der Waals surface area (Å²) in [6.45, 7) is 8.71. The maximum Gasteiger partial charge on any atom is 0.417 e. The minimum Gasteiger partial charge on any atom is -0.376 e. The normalized spacial score (nSPS) is 27.0. The maximum absolute atomic E-state index is 13.7. The van der Waals surface area contributed by atoms with Crippen molar-refractivity contribution in [2.24, 2.45) is 0 Å². The van der Waals surface area contributed by atoms with Gasteiger partial charge in [-0.1, -0.05) is 12.1 Å². The number of hydrogen-bond donors (Lipinski definition) is 2. The SMILES string of the molecule is C[C@@H]1C[C@H](OCCO[C@H]2CC[C@H](N3C(=S)N(c4ccc(C#N)c(C(F)(F)F)c4)C(=O)C3(C)C)CC2)C[C@H](C)N1CC(=O)Nc1ccc(C2CCC(=O)NC2=O)cc1. The Hall–Kier alpha value is -4.43. The van der Waals surface area contributed by atoms with Crippen molar-refractivity contribution in [3.05, 3.63) is 59.2 Å². The molecule has 3 aliphatic heterocycles. The molecule has 57 heavy (non-hydrogen) atoms. The lowest BCUT2D eigenvalue weighted by molar-refractivity contribution is -0.138. The summed E-state index contributed by atoms with van der Waals surface area (Å²) in [4.78, 5) is 55.5. The number of halogens is 3. The standard InChI is InChI=1S/C41H49F3N6O6S/c1-24-19-32(20-25(2)48(24)23-36(52)46-28-8-5-26(6-9-28)33-15-16-35(51)47-37(33)53)56-18-17-55-31-13-11-29(12-14-31)50-39(57)49(38(54)40(50,3)4)30-10-7-27(22-45)34(21-30)41(42,43)44/h5-10,21,24-25,29,31-33H,11-20,23H2,1-4H3,(H,46,52)(H,47,51,53)/t24-,25+,29-,31-,32+,33?. The van der Waals surface area contributed by atoms with Crippen molar-refractivity contribution in [1.29, 1.82) is 5.26 Å². The zero-order chi connectivity index (χ0) is 41.2. The molecule has 0 aromatic heterocycles. The van der Waals surface area contributed by atoms with Crippen LogP contribution >= 0.6 is 12.2 Å². The summed E-state index contributed by atoms with van der Waals surface area (Å²) in [5.41, 5.74) is -1.28. The van der Waals surface area contributed by atoms with E-state index in [2.05, 4.69) is 29.4 Å². The maximum atomic E-state index is 13.7. The number of rotatable bonds is 11. The molecule has 1 saturated carbocycles. The molecule has 4 fully saturated rings. The van der Waals surface area contributed by atoms with Crippen LogP contribution in [0.1, 0.15) is 102 Å². The third-order valence-corrected chi connectivity index (χ3v) is 12.1. The van der Waals surface area contributed by atoms with Crippen molar-refractivity contribution in [3.63, 3.8) is 0 Å². The molecule has 16 heteroatoms. The minimum atomic E-state index is -4.76. The third kappa shape index (κ3) is 9.33. The monoisotopic (exact) mass is 810 g/mol. The fraction of sp³-hybridized carbons (Fsp3) is 0.561. The number of amides is 4. The topological polar surface area (TPSA) is 144 Å². The van der Waals surface area contributed by atoms with E-state index < -0.39 is 28.7 Å². The molecule has 0 radical (unpaired) electrons. The summed E-state index contributed by atoms with van der Waals surface area (Å²) in [5, 5.41) is 14.7. The zero-order valence-corrected chi connectivity index (χ0v) is 33.4. The molecule has 0 bridgehead atoms. The van der Waals surface area contributed by atoms with Gasteiger partial charge in [-0.3, -0.25) is 34.3 Å². The number of carbonyl (C=O) groups is 4. The van der Waals surface area contributed by atoms with Crippen LogP contribution in [-0.4, -0.2) is 94.2 Å². The van der Waals surface area contributed by atoms with E-state index in [0.29, 0.717) is 44.6 Å². The van der Waals surface area contributed by atoms with E-state index >= 15 is 0 Å². The number of carbonyl (C=O) groups excluding carboxylic acids is 4. The smallest absolute Gasteiger partial charge is 0.376 e. The van der Waals surface area contributed by atoms with Gasteiger partial charge >= 0.3 is 6.18 Å². The molecule has 0 spiro atoms. The first-order valence-corrected chi connectivity index (χ1v) is 19.9. The number of likely N-dealkylation sites (tertiary alicyclic amines) is 1. The largest absolute Gasteiger partial charge is 0.417 e. The van der Waals surface area contributed by atoms with Gasteiger partial charge in [0, 0.05) is 30.2 Å². The van der Waals surface area contributed by atoms with E-state index in [1.807, 2.05) is 17.0 Å². The number of nitrogens with one attached hydrogen (secondary N) is 2. The molecule has 3 heterocycles. The van der Waals surface area contributed by atoms with Gasteiger partial charge in [-0.25, -0.2) is 0 Å². The Morgan fingerprint density at radius 1 is 0.965 bits per heavy atom. The summed E-state index contributed by atoms with van der Waals surface area (Å²) >= 11 is 5.72. The first kappa shape index (κ1) is 42.2. The van der Waals surface area contributed by atoms with E-state index in [4.69, 9.17) is 21.7 Å². The second kappa shape index (κ2) is 17.2. The van der Waals surface area contributed by atoms with Crippen LogP contribution in [0.4, 0.5) is 24.5 Å².